The van der Waals surface area contributed by atoms with Crippen LogP contribution >= 0.6 is 0 Å². The van der Waals surface area contributed by atoms with E-state index in [-0.39, 0.29) is 17.4 Å². The van der Waals surface area contributed by atoms with Crippen molar-refractivity contribution in [2.24, 2.45) is 11.0 Å². The number of Topliss-reactive ketones (excluding diaryl/α,β-unsaturated/α-hetero) is 2. The molecule has 1 aromatic rings. The molecule has 0 bridgehead atoms. The second kappa shape index (κ2) is 5.53. The quantitative estimate of drug-likeness (QED) is 0.506. The van der Waals surface area contributed by atoms with Gasteiger partial charge in [-0.1, -0.05) is 0 Å². The van der Waals surface area contributed by atoms with E-state index in [0.29, 0.717) is 24.9 Å². The van der Waals surface area contributed by atoms with Crippen molar-refractivity contribution in [1.82, 2.24) is 0 Å². The molecule has 1 fully saturated rings. The largest absolute Gasteiger partial charge is 0.298 e. The lowest BCUT2D eigenvalue weighted by atomic mass is 9.88. The number of hydrogen-bond donors (Lipinski definition) is 1. The summed E-state index contributed by atoms with van der Waals surface area (Å²) in [6, 6.07) is 5.65. The van der Waals surface area contributed by atoms with Crippen molar-refractivity contribution in [2.45, 2.75) is 19.3 Å². The molecule has 1 saturated carbocycles. The molecule has 1 aromatic carbocycles. The van der Waals surface area contributed by atoms with E-state index in [9.17, 15) is 14.0 Å². The van der Waals surface area contributed by atoms with Crippen LogP contribution in [0.5, 0.6) is 0 Å². The van der Waals surface area contributed by atoms with E-state index in [4.69, 9.17) is 0 Å². The number of carbonyl (C=O) groups is 2. The Labute approximate surface area is 104 Å². The summed E-state index contributed by atoms with van der Waals surface area (Å²) < 4.78 is 12.6. The maximum absolute atomic E-state index is 12.6. The third-order valence-corrected chi connectivity index (χ3v) is 2.80. The molecule has 0 heterocycles. The van der Waals surface area contributed by atoms with Gasteiger partial charge in [0.1, 0.15) is 23.3 Å². The first-order valence-electron chi connectivity index (χ1n) is 5.77. The second-order valence-corrected chi connectivity index (χ2v) is 4.16. The van der Waals surface area contributed by atoms with Crippen LogP contribution in [0.25, 0.3) is 0 Å². The highest BCUT2D eigenvalue weighted by Gasteiger charge is 2.28. The van der Waals surface area contributed by atoms with Gasteiger partial charge in [-0.15, -0.1) is 0 Å². The number of nitrogens with one attached hydrogen (secondary N) is 1. The summed E-state index contributed by atoms with van der Waals surface area (Å²) in [6.45, 7) is 0. The smallest absolute Gasteiger partial charge is 0.148 e. The van der Waals surface area contributed by atoms with E-state index in [0.717, 1.165) is 0 Å². The fraction of sp³-hybridized carbons (Fsp3) is 0.308. The molecule has 1 aliphatic rings. The maximum Gasteiger partial charge on any atom is 0.148 e. The Morgan fingerprint density at radius 3 is 2.39 bits per heavy atom. The number of hydrazone groups is 1. The first kappa shape index (κ1) is 12.4. The monoisotopic (exact) mass is 248 g/mol. The van der Waals surface area contributed by atoms with Crippen LogP contribution in [0.2, 0.25) is 0 Å². The highest BCUT2D eigenvalue weighted by molar-refractivity contribution is 6.15. The molecular formula is C13H13FN2O2. The van der Waals surface area contributed by atoms with E-state index in [1.54, 1.807) is 0 Å². The first-order valence-corrected chi connectivity index (χ1v) is 5.77. The zero-order chi connectivity index (χ0) is 13.0. The van der Waals surface area contributed by atoms with E-state index in [2.05, 4.69) is 10.5 Å². The fourth-order valence-corrected chi connectivity index (χ4v) is 1.80. The number of anilines is 1. The molecule has 0 unspecified atom stereocenters. The number of nitrogens with zero attached hydrogens (tertiary/aromatic N) is 1. The lowest BCUT2D eigenvalue weighted by Gasteiger charge is -2.14. The van der Waals surface area contributed by atoms with Crippen LogP contribution < -0.4 is 5.43 Å². The standard InChI is InChI=1S/C13H13FN2O2/c14-9-4-6-10(7-5-9)16-15-8-11-12(17)2-1-3-13(11)18/h4-8,11,16H,1-3H2/b15-8-. The molecule has 1 N–H and O–H groups in total. The molecule has 0 saturated heterocycles. The van der Waals surface area contributed by atoms with E-state index >= 15 is 0 Å². The van der Waals surface area contributed by atoms with Crippen LogP contribution in [-0.4, -0.2) is 17.8 Å². The molecule has 0 atom stereocenters. The minimum absolute atomic E-state index is 0.0871. The topological polar surface area (TPSA) is 58.5 Å². The Bertz CT molecular complexity index is 466. The van der Waals surface area contributed by atoms with Gasteiger partial charge in [-0.25, -0.2) is 4.39 Å². The van der Waals surface area contributed by atoms with Gasteiger partial charge in [0.15, 0.2) is 0 Å². The molecule has 0 aliphatic heterocycles. The number of halogens is 1. The van der Waals surface area contributed by atoms with Gasteiger partial charge in [0.05, 0.1) is 5.69 Å². The zero-order valence-corrected chi connectivity index (χ0v) is 9.73. The predicted molar refractivity (Wildman–Crippen MR) is 65.9 cm³/mol. The number of benzene rings is 1. The highest BCUT2D eigenvalue weighted by atomic mass is 19.1. The van der Waals surface area contributed by atoms with Gasteiger partial charge in [0.2, 0.25) is 0 Å². The lowest BCUT2D eigenvalue weighted by Crippen LogP contribution is -2.29. The van der Waals surface area contributed by atoms with Crippen molar-refractivity contribution in [1.29, 1.82) is 0 Å². The van der Waals surface area contributed by atoms with Crippen molar-refractivity contribution in [2.75, 3.05) is 5.43 Å². The molecular weight excluding hydrogens is 235 g/mol. The fourth-order valence-electron chi connectivity index (χ4n) is 1.80. The van der Waals surface area contributed by atoms with Crippen molar-refractivity contribution in [3.63, 3.8) is 0 Å². The Morgan fingerprint density at radius 1 is 1.17 bits per heavy atom. The minimum atomic E-state index is -0.730. The second-order valence-electron chi connectivity index (χ2n) is 4.16. The first-order chi connectivity index (χ1) is 8.66. The average molecular weight is 248 g/mol. The average Bonchev–Trinajstić information content (AvgIpc) is 2.35. The van der Waals surface area contributed by atoms with Crippen LogP contribution in [0, 0.1) is 11.7 Å². The summed E-state index contributed by atoms with van der Waals surface area (Å²) in [5.41, 5.74) is 3.26. The molecule has 0 spiro atoms. The number of ketones is 2. The lowest BCUT2D eigenvalue weighted by molar-refractivity contribution is -0.132. The van der Waals surface area contributed by atoms with Crippen molar-refractivity contribution in [3.05, 3.63) is 30.1 Å². The normalized spacial score (nSPS) is 17.4. The minimum Gasteiger partial charge on any atom is -0.298 e. The van der Waals surface area contributed by atoms with Crippen molar-refractivity contribution < 1.29 is 14.0 Å². The molecule has 5 heteroatoms. The molecule has 2 rings (SSSR count). The molecule has 1 aliphatic carbocycles. The van der Waals surface area contributed by atoms with Crippen LogP contribution in [0.1, 0.15) is 19.3 Å². The molecule has 94 valence electrons. The zero-order valence-electron chi connectivity index (χ0n) is 9.73. The summed E-state index contributed by atoms with van der Waals surface area (Å²) in [7, 11) is 0. The number of hydrogen-bond acceptors (Lipinski definition) is 4. The van der Waals surface area contributed by atoms with Crippen LogP contribution in [-0.2, 0) is 9.59 Å². The summed E-state index contributed by atoms with van der Waals surface area (Å²) in [5, 5.41) is 3.86. The maximum atomic E-state index is 12.6. The Balaban J connectivity index is 1.96. The SMILES string of the molecule is O=C1CCCC(=O)C1/C=N\Nc1ccc(F)cc1. The van der Waals surface area contributed by atoms with Gasteiger partial charge in [-0.05, 0) is 30.7 Å². The van der Waals surface area contributed by atoms with Crippen LogP contribution in [0.3, 0.4) is 0 Å². The van der Waals surface area contributed by atoms with E-state index < -0.39 is 5.92 Å². The van der Waals surface area contributed by atoms with Gasteiger partial charge in [0, 0.05) is 19.1 Å². The third kappa shape index (κ3) is 3.00. The van der Waals surface area contributed by atoms with Gasteiger partial charge in [-0.2, -0.15) is 5.10 Å². The Hall–Kier alpha value is -2.04. The van der Waals surface area contributed by atoms with Crippen LogP contribution in [0.15, 0.2) is 29.4 Å². The summed E-state index contributed by atoms with van der Waals surface area (Å²) >= 11 is 0. The van der Waals surface area contributed by atoms with Gasteiger partial charge in [-0.3, -0.25) is 15.0 Å². The van der Waals surface area contributed by atoms with E-state index in [1.165, 1.54) is 30.5 Å². The Morgan fingerprint density at radius 2 is 1.78 bits per heavy atom. The van der Waals surface area contributed by atoms with E-state index in [1.807, 2.05) is 0 Å². The molecule has 4 nitrogen and oxygen atoms in total. The number of rotatable bonds is 3. The highest BCUT2D eigenvalue weighted by Crippen LogP contribution is 2.16. The van der Waals surface area contributed by atoms with Crippen molar-refractivity contribution >= 4 is 23.5 Å². The summed E-state index contributed by atoms with van der Waals surface area (Å²) in [4.78, 5) is 23.0. The van der Waals surface area contributed by atoms with Gasteiger partial charge < -0.3 is 0 Å². The summed E-state index contributed by atoms with van der Waals surface area (Å²) in [6.07, 6.45) is 2.82. The number of carbonyl (C=O) groups excluding carboxylic acids is 2. The molecule has 18 heavy (non-hydrogen) atoms. The third-order valence-electron chi connectivity index (χ3n) is 2.80. The molecule has 0 aromatic heterocycles. The summed E-state index contributed by atoms with van der Waals surface area (Å²) in [5.74, 6) is -1.24. The van der Waals surface area contributed by atoms with Crippen molar-refractivity contribution in [3.8, 4) is 0 Å². The van der Waals surface area contributed by atoms with Gasteiger partial charge in [0.25, 0.3) is 0 Å². The molecule has 0 amide bonds. The molecule has 0 radical (unpaired) electrons. The van der Waals surface area contributed by atoms with Crippen LogP contribution in [0.4, 0.5) is 10.1 Å². The predicted octanol–water partition coefficient (Wildman–Crippen LogP) is 2.16. The van der Waals surface area contributed by atoms with Gasteiger partial charge >= 0.3 is 0 Å². The Kier molecular flexibility index (Phi) is 3.82.